The molecule has 0 spiro atoms. The van der Waals surface area contributed by atoms with E-state index in [1.165, 1.54) is 54.9 Å². The van der Waals surface area contributed by atoms with Crippen LogP contribution < -0.4 is 0 Å². The Bertz CT molecular complexity index is 2770. The van der Waals surface area contributed by atoms with Gasteiger partial charge in [-0.25, -0.2) is 9.97 Å². The van der Waals surface area contributed by atoms with Gasteiger partial charge in [-0.05, 0) is 98.8 Å². The van der Waals surface area contributed by atoms with E-state index >= 15 is 0 Å². The Balaban J connectivity index is 1.11. The minimum atomic E-state index is 0.387. The van der Waals surface area contributed by atoms with Crippen molar-refractivity contribution in [3.8, 4) is 56.5 Å². The molecule has 4 nitrogen and oxygen atoms in total. The molecule has 0 saturated heterocycles. The minimum Gasteiger partial charge on any atom is -0.309 e. The molecule has 9 aromatic rings. The van der Waals surface area contributed by atoms with Gasteiger partial charge in [-0.1, -0.05) is 91.0 Å². The molecule has 7 aromatic carbocycles. The van der Waals surface area contributed by atoms with Crippen molar-refractivity contribution in [1.29, 1.82) is 5.26 Å². The topological polar surface area (TPSA) is 54.5 Å². The van der Waals surface area contributed by atoms with Crippen LogP contribution in [0.3, 0.4) is 0 Å². The predicted octanol–water partition coefficient (Wildman–Crippen LogP) is 10.7. The van der Waals surface area contributed by atoms with E-state index in [9.17, 15) is 5.26 Å². The second kappa shape index (κ2) is 9.71. The number of hydrogen-bond donors (Lipinski definition) is 0. The van der Waals surface area contributed by atoms with Gasteiger partial charge in [0, 0.05) is 27.4 Å². The summed E-state index contributed by atoms with van der Waals surface area (Å²) in [4.78, 5) is 9.35. The lowest BCUT2D eigenvalue weighted by Gasteiger charge is -2.11. The maximum Gasteiger partial charge on any atom is 0.161 e. The molecule has 1 aliphatic rings. The van der Waals surface area contributed by atoms with Gasteiger partial charge in [0.05, 0.1) is 16.6 Å². The summed E-state index contributed by atoms with van der Waals surface area (Å²) in [6.07, 6.45) is 0. The first-order valence-electron chi connectivity index (χ1n) is 15.7. The molecule has 216 valence electrons. The average molecular weight is 597 g/mol. The van der Waals surface area contributed by atoms with Gasteiger partial charge in [0.2, 0.25) is 0 Å². The number of aromatic nitrogens is 3. The summed E-state index contributed by atoms with van der Waals surface area (Å²) >= 11 is 0. The molecule has 1 aliphatic carbocycles. The zero-order valence-electron chi connectivity index (χ0n) is 25.1. The Morgan fingerprint density at radius 2 is 1.11 bits per heavy atom. The van der Waals surface area contributed by atoms with Crippen LogP contribution in [-0.4, -0.2) is 14.5 Å². The lowest BCUT2D eigenvalue weighted by atomic mass is 9.93. The molecule has 0 unspecified atom stereocenters. The Morgan fingerprint density at radius 3 is 1.94 bits per heavy atom. The number of hydrogen-bond acceptors (Lipinski definition) is 3. The van der Waals surface area contributed by atoms with Crippen LogP contribution in [0.2, 0.25) is 0 Å². The highest BCUT2D eigenvalue weighted by Gasteiger charge is 2.22. The van der Waals surface area contributed by atoms with Crippen molar-refractivity contribution in [2.45, 2.75) is 0 Å². The lowest BCUT2D eigenvalue weighted by Crippen LogP contribution is -1.97. The van der Waals surface area contributed by atoms with Crippen LogP contribution in [0.25, 0.3) is 93.9 Å². The van der Waals surface area contributed by atoms with E-state index in [1.807, 2.05) is 36.4 Å². The molecule has 0 amide bonds. The van der Waals surface area contributed by atoms with Crippen molar-refractivity contribution >= 4 is 43.5 Å². The van der Waals surface area contributed by atoms with E-state index in [2.05, 4.69) is 125 Å². The first-order valence-corrected chi connectivity index (χ1v) is 15.7. The summed E-state index contributed by atoms with van der Waals surface area (Å²) < 4.78 is 2.32. The number of nitriles is 1. The van der Waals surface area contributed by atoms with E-state index in [1.54, 1.807) is 0 Å². The molecule has 0 saturated carbocycles. The minimum absolute atomic E-state index is 0.387. The Labute approximate surface area is 270 Å². The van der Waals surface area contributed by atoms with E-state index < -0.39 is 0 Å². The smallest absolute Gasteiger partial charge is 0.161 e. The van der Waals surface area contributed by atoms with Crippen LogP contribution in [0.15, 0.2) is 146 Å². The van der Waals surface area contributed by atoms with Gasteiger partial charge in [0.1, 0.15) is 6.07 Å². The number of benzene rings is 7. The molecule has 2 heterocycles. The van der Waals surface area contributed by atoms with Crippen molar-refractivity contribution in [2.24, 2.45) is 0 Å². The molecule has 0 fully saturated rings. The number of rotatable bonds is 3. The molecule has 10 rings (SSSR count). The van der Waals surface area contributed by atoms with Crippen molar-refractivity contribution in [3.05, 3.63) is 151 Å². The van der Waals surface area contributed by atoms with Crippen LogP contribution in [-0.2, 0) is 0 Å². The molecule has 4 heteroatoms. The number of fused-ring (bicyclic) bond motifs is 7. The second-order valence-corrected chi connectivity index (χ2v) is 12.1. The monoisotopic (exact) mass is 596 g/mol. The normalized spacial score (nSPS) is 11.8. The predicted molar refractivity (Wildman–Crippen MR) is 191 cm³/mol. The first kappa shape index (κ1) is 25.7. The van der Waals surface area contributed by atoms with Gasteiger partial charge in [0.15, 0.2) is 11.5 Å². The molecule has 0 N–H and O–H groups in total. The fourth-order valence-electron chi connectivity index (χ4n) is 7.53. The summed E-state index contributed by atoms with van der Waals surface area (Å²) in [7, 11) is 0. The Morgan fingerprint density at radius 1 is 0.468 bits per heavy atom. The summed E-state index contributed by atoms with van der Waals surface area (Å²) in [6, 6.07) is 53.6. The van der Waals surface area contributed by atoms with Gasteiger partial charge in [-0.3, -0.25) is 0 Å². The standard InChI is InChI=1S/C43H24N4/c44-25-39-36-11-3-5-14-38(36)45-43(46-39)26-16-19-28(20-17-26)47-40-15-6-4-10-32(40)37-24-27(18-23-41(37)47)29-21-22-35-31-9-2-1-8-30(31)34-13-7-12-33(29)42(34)35/h1-24H. The summed E-state index contributed by atoms with van der Waals surface area (Å²) in [5, 5.41) is 15.6. The third kappa shape index (κ3) is 3.69. The molecule has 47 heavy (non-hydrogen) atoms. The second-order valence-electron chi connectivity index (χ2n) is 12.1. The molecule has 0 aliphatic heterocycles. The number of para-hydroxylation sites is 2. The fraction of sp³-hybridized carbons (Fsp3) is 0. The summed E-state index contributed by atoms with van der Waals surface area (Å²) in [5.41, 5.74) is 13.1. The van der Waals surface area contributed by atoms with E-state index in [-0.39, 0.29) is 0 Å². The molecular weight excluding hydrogens is 573 g/mol. The molecule has 0 atom stereocenters. The van der Waals surface area contributed by atoms with Crippen LogP contribution in [0.5, 0.6) is 0 Å². The van der Waals surface area contributed by atoms with Crippen LogP contribution in [0.4, 0.5) is 0 Å². The van der Waals surface area contributed by atoms with Crippen molar-refractivity contribution in [1.82, 2.24) is 14.5 Å². The van der Waals surface area contributed by atoms with Crippen LogP contribution in [0, 0.1) is 11.3 Å². The van der Waals surface area contributed by atoms with Gasteiger partial charge in [-0.2, -0.15) is 5.26 Å². The Kier molecular flexibility index (Phi) is 5.32. The quantitative estimate of drug-likeness (QED) is 0.204. The lowest BCUT2D eigenvalue weighted by molar-refractivity contribution is 1.17. The summed E-state index contributed by atoms with van der Waals surface area (Å²) in [6.45, 7) is 0. The zero-order valence-corrected chi connectivity index (χ0v) is 25.1. The third-order valence-electron chi connectivity index (χ3n) is 9.62. The molecule has 0 radical (unpaired) electrons. The van der Waals surface area contributed by atoms with Crippen LogP contribution >= 0.6 is 0 Å². The van der Waals surface area contributed by atoms with E-state index in [0.29, 0.717) is 11.5 Å². The number of nitrogens with zero attached hydrogens (tertiary/aromatic N) is 4. The highest BCUT2D eigenvalue weighted by Crippen LogP contribution is 2.49. The molecule has 2 aromatic heterocycles. The van der Waals surface area contributed by atoms with Crippen LogP contribution in [0.1, 0.15) is 5.69 Å². The molecular formula is C43H24N4. The SMILES string of the molecule is N#Cc1nc(-c2ccc(-n3c4ccccc4c4cc(-c5ccc6c7c(cccc57)-c5ccccc5-6)ccc43)cc2)nc2ccccc12. The van der Waals surface area contributed by atoms with Gasteiger partial charge in [-0.15, -0.1) is 0 Å². The van der Waals surface area contributed by atoms with Crippen molar-refractivity contribution in [2.75, 3.05) is 0 Å². The van der Waals surface area contributed by atoms with Crippen molar-refractivity contribution in [3.63, 3.8) is 0 Å². The highest BCUT2D eigenvalue weighted by molar-refractivity contribution is 6.19. The van der Waals surface area contributed by atoms with Gasteiger partial charge in [0.25, 0.3) is 0 Å². The highest BCUT2D eigenvalue weighted by atomic mass is 15.0. The fourth-order valence-corrected chi connectivity index (χ4v) is 7.53. The maximum atomic E-state index is 9.74. The van der Waals surface area contributed by atoms with E-state index in [4.69, 9.17) is 4.98 Å². The van der Waals surface area contributed by atoms with E-state index in [0.717, 1.165) is 33.2 Å². The van der Waals surface area contributed by atoms with Gasteiger partial charge < -0.3 is 4.57 Å². The summed E-state index contributed by atoms with van der Waals surface area (Å²) in [5.74, 6) is 0.548. The van der Waals surface area contributed by atoms with Crippen molar-refractivity contribution < 1.29 is 0 Å². The largest absolute Gasteiger partial charge is 0.309 e. The third-order valence-corrected chi connectivity index (χ3v) is 9.62. The Hall–Kier alpha value is -6.57. The van der Waals surface area contributed by atoms with Gasteiger partial charge >= 0.3 is 0 Å². The average Bonchev–Trinajstić information content (AvgIpc) is 3.65. The maximum absolute atomic E-state index is 9.74. The zero-order chi connectivity index (χ0) is 31.1. The molecule has 0 bridgehead atoms. The first-order chi connectivity index (χ1) is 23.3.